The van der Waals surface area contributed by atoms with E-state index in [9.17, 15) is 9.59 Å². The van der Waals surface area contributed by atoms with Crippen LogP contribution in [0.3, 0.4) is 0 Å². The van der Waals surface area contributed by atoms with Crippen molar-refractivity contribution in [1.82, 2.24) is 20.1 Å². The number of benzene rings is 2. The Labute approximate surface area is 200 Å². The number of hydrogen-bond acceptors (Lipinski definition) is 5. The predicted molar refractivity (Wildman–Crippen MR) is 128 cm³/mol. The normalized spacial score (nSPS) is 10.6. The summed E-state index contributed by atoms with van der Waals surface area (Å²) < 4.78 is 1.80. The SMILES string of the molecule is C=CCn1c(CNC(=O)c2ccc(Cl)cc2)nnc1SCC(=O)Nc1cc(Cl)ccc1C. The molecule has 166 valence electrons. The maximum absolute atomic E-state index is 12.4. The molecule has 0 aliphatic carbocycles. The lowest BCUT2D eigenvalue weighted by Crippen LogP contribution is -2.24. The van der Waals surface area contributed by atoms with Gasteiger partial charge in [0.2, 0.25) is 5.91 Å². The molecule has 3 aromatic rings. The third-order valence-corrected chi connectivity index (χ3v) is 5.88. The number of anilines is 1. The van der Waals surface area contributed by atoms with Gasteiger partial charge < -0.3 is 15.2 Å². The number of aromatic nitrogens is 3. The number of carbonyl (C=O) groups is 2. The minimum atomic E-state index is -0.250. The number of halogens is 2. The van der Waals surface area contributed by atoms with Crippen molar-refractivity contribution in [2.45, 2.75) is 25.2 Å². The fourth-order valence-electron chi connectivity index (χ4n) is 2.78. The minimum Gasteiger partial charge on any atom is -0.345 e. The number of allylic oxidation sites excluding steroid dienone is 1. The molecule has 2 amide bonds. The molecule has 0 atom stereocenters. The first-order valence-electron chi connectivity index (χ1n) is 9.63. The number of nitrogens with zero attached hydrogens (tertiary/aromatic N) is 3. The van der Waals surface area contributed by atoms with Gasteiger partial charge in [0, 0.05) is 27.8 Å². The highest BCUT2D eigenvalue weighted by Gasteiger charge is 2.15. The fourth-order valence-corrected chi connectivity index (χ4v) is 3.84. The second-order valence-electron chi connectivity index (χ2n) is 6.78. The van der Waals surface area contributed by atoms with Crippen LogP contribution in [0.2, 0.25) is 10.0 Å². The first-order chi connectivity index (χ1) is 15.4. The molecule has 3 rings (SSSR count). The number of carbonyl (C=O) groups excluding carboxylic acids is 2. The second-order valence-corrected chi connectivity index (χ2v) is 8.60. The van der Waals surface area contributed by atoms with Crippen LogP contribution in [0.5, 0.6) is 0 Å². The monoisotopic (exact) mass is 489 g/mol. The number of hydrogen-bond donors (Lipinski definition) is 2. The molecule has 0 aliphatic rings. The van der Waals surface area contributed by atoms with Crippen LogP contribution in [0.15, 0.2) is 60.3 Å². The van der Waals surface area contributed by atoms with Crippen LogP contribution >= 0.6 is 35.0 Å². The van der Waals surface area contributed by atoms with E-state index in [0.29, 0.717) is 38.8 Å². The van der Waals surface area contributed by atoms with Gasteiger partial charge in [0.05, 0.1) is 12.3 Å². The highest BCUT2D eigenvalue weighted by atomic mass is 35.5. The maximum atomic E-state index is 12.4. The van der Waals surface area contributed by atoms with Crippen LogP contribution in [0.25, 0.3) is 0 Å². The largest absolute Gasteiger partial charge is 0.345 e. The summed E-state index contributed by atoms with van der Waals surface area (Å²) in [7, 11) is 0. The van der Waals surface area contributed by atoms with E-state index in [4.69, 9.17) is 23.2 Å². The van der Waals surface area contributed by atoms with E-state index in [-0.39, 0.29) is 24.1 Å². The first-order valence-corrected chi connectivity index (χ1v) is 11.4. The third-order valence-electron chi connectivity index (χ3n) is 4.42. The average molecular weight is 490 g/mol. The average Bonchev–Trinajstić information content (AvgIpc) is 3.15. The van der Waals surface area contributed by atoms with Gasteiger partial charge in [-0.1, -0.05) is 47.1 Å². The van der Waals surface area contributed by atoms with E-state index in [1.165, 1.54) is 11.8 Å². The lowest BCUT2D eigenvalue weighted by molar-refractivity contribution is -0.113. The Morgan fingerprint density at radius 1 is 1.12 bits per heavy atom. The summed E-state index contributed by atoms with van der Waals surface area (Å²) in [6, 6.07) is 11.9. The number of nitrogens with one attached hydrogen (secondary N) is 2. The summed E-state index contributed by atoms with van der Waals surface area (Å²) in [6.07, 6.45) is 1.70. The second kappa shape index (κ2) is 11.2. The molecule has 2 N–H and O–H groups in total. The Morgan fingerprint density at radius 3 is 2.56 bits per heavy atom. The third kappa shape index (κ3) is 6.35. The first kappa shape index (κ1) is 23.8. The van der Waals surface area contributed by atoms with Gasteiger partial charge in [-0.05, 0) is 48.9 Å². The molecule has 0 fully saturated rings. The summed E-state index contributed by atoms with van der Waals surface area (Å²) in [4.78, 5) is 24.7. The molecule has 32 heavy (non-hydrogen) atoms. The van der Waals surface area contributed by atoms with Crippen molar-refractivity contribution in [2.24, 2.45) is 0 Å². The highest BCUT2D eigenvalue weighted by molar-refractivity contribution is 7.99. The molecule has 0 saturated heterocycles. The van der Waals surface area contributed by atoms with Gasteiger partial charge in [0.15, 0.2) is 11.0 Å². The van der Waals surface area contributed by atoms with Crippen LogP contribution < -0.4 is 10.6 Å². The Kier molecular flexibility index (Phi) is 8.33. The molecule has 0 radical (unpaired) electrons. The van der Waals surface area contributed by atoms with Crippen molar-refractivity contribution >= 4 is 52.5 Å². The Balaban J connectivity index is 1.61. The number of rotatable bonds is 9. The van der Waals surface area contributed by atoms with Crippen molar-refractivity contribution in [3.8, 4) is 0 Å². The molecule has 0 unspecified atom stereocenters. The molecule has 0 aliphatic heterocycles. The number of aryl methyl sites for hydroxylation is 1. The van der Waals surface area contributed by atoms with Gasteiger partial charge in [-0.25, -0.2) is 0 Å². The predicted octanol–water partition coefficient (Wildman–Crippen LogP) is 4.74. The van der Waals surface area contributed by atoms with Crippen molar-refractivity contribution in [1.29, 1.82) is 0 Å². The van der Waals surface area contributed by atoms with E-state index in [1.54, 1.807) is 47.0 Å². The summed E-state index contributed by atoms with van der Waals surface area (Å²) in [6.45, 7) is 6.27. The van der Waals surface area contributed by atoms with Crippen LogP contribution in [0, 0.1) is 6.92 Å². The summed E-state index contributed by atoms with van der Waals surface area (Å²) in [5, 5.41) is 15.7. The van der Waals surface area contributed by atoms with E-state index in [1.807, 2.05) is 13.0 Å². The smallest absolute Gasteiger partial charge is 0.251 e. The van der Waals surface area contributed by atoms with Crippen molar-refractivity contribution < 1.29 is 9.59 Å². The minimum absolute atomic E-state index is 0.137. The highest BCUT2D eigenvalue weighted by Crippen LogP contribution is 2.22. The van der Waals surface area contributed by atoms with E-state index in [2.05, 4.69) is 27.4 Å². The maximum Gasteiger partial charge on any atom is 0.251 e. The van der Waals surface area contributed by atoms with Gasteiger partial charge in [-0.15, -0.1) is 16.8 Å². The van der Waals surface area contributed by atoms with Crippen LogP contribution in [0.1, 0.15) is 21.7 Å². The van der Waals surface area contributed by atoms with Gasteiger partial charge in [-0.3, -0.25) is 9.59 Å². The van der Waals surface area contributed by atoms with Gasteiger partial charge in [0.1, 0.15) is 0 Å². The molecule has 2 aromatic carbocycles. The molecular formula is C22H21Cl2N5O2S. The summed E-state index contributed by atoms with van der Waals surface area (Å²) in [5.41, 5.74) is 2.08. The Morgan fingerprint density at radius 2 is 1.84 bits per heavy atom. The lowest BCUT2D eigenvalue weighted by Gasteiger charge is -2.10. The van der Waals surface area contributed by atoms with Crippen molar-refractivity contribution in [3.05, 3.63) is 82.1 Å². The van der Waals surface area contributed by atoms with Crippen LogP contribution in [-0.4, -0.2) is 32.3 Å². The molecule has 7 nitrogen and oxygen atoms in total. The Hall–Kier alpha value is -2.81. The van der Waals surface area contributed by atoms with Gasteiger partial charge in [0.25, 0.3) is 5.91 Å². The molecule has 0 bridgehead atoms. The topological polar surface area (TPSA) is 88.9 Å². The quantitative estimate of drug-likeness (QED) is 0.334. The molecule has 0 spiro atoms. The number of thioether (sulfide) groups is 1. The summed E-state index contributed by atoms with van der Waals surface area (Å²) >= 11 is 13.1. The molecular weight excluding hydrogens is 469 g/mol. The molecule has 0 saturated carbocycles. The Bertz CT molecular complexity index is 1130. The van der Waals surface area contributed by atoms with Crippen molar-refractivity contribution in [3.63, 3.8) is 0 Å². The van der Waals surface area contributed by atoms with E-state index >= 15 is 0 Å². The fraction of sp³-hybridized carbons (Fsp3) is 0.182. The van der Waals surface area contributed by atoms with Crippen molar-refractivity contribution in [2.75, 3.05) is 11.1 Å². The van der Waals surface area contributed by atoms with Crippen LogP contribution in [0.4, 0.5) is 5.69 Å². The zero-order valence-electron chi connectivity index (χ0n) is 17.3. The zero-order chi connectivity index (χ0) is 23.1. The van der Waals surface area contributed by atoms with Gasteiger partial charge >= 0.3 is 0 Å². The molecule has 1 heterocycles. The van der Waals surface area contributed by atoms with Crippen LogP contribution in [-0.2, 0) is 17.9 Å². The van der Waals surface area contributed by atoms with E-state index < -0.39 is 0 Å². The standard InChI is InChI=1S/C22H21Cl2N5O2S/c1-3-10-29-19(12-25-21(31)15-5-8-16(23)9-6-15)27-28-22(29)32-13-20(30)26-18-11-17(24)7-4-14(18)2/h3-9,11H,1,10,12-13H2,2H3,(H,25,31)(H,26,30). The lowest BCUT2D eigenvalue weighted by atomic mass is 10.2. The van der Waals surface area contributed by atoms with E-state index in [0.717, 1.165) is 5.56 Å². The zero-order valence-corrected chi connectivity index (χ0v) is 19.6. The summed E-state index contributed by atoms with van der Waals surface area (Å²) in [5.74, 6) is 0.255. The van der Waals surface area contributed by atoms with Gasteiger partial charge in [-0.2, -0.15) is 0 Å². The molecule has 1 aromatic heterocycles. The molecule has 10 heteroatoms. The number of amides is 2.